The summed E-state index contributed by atoms with van der Waals surface area (Å²) in [5.74, 6) is -1.20. The summed E-state index contributed by atoms with van der Waals surface area (Å²) in [5.41, 5.74) is 1.97. The van der Waals surface area contributed by atoms with Gasteiger partial charge in [-0.25, -0.2) is 8.98 Å². The minimum atomic E-state index is -4.65. The van der Waals surface area contributed by atoms with Gasteiger partial charge < -0.3 is 4.74 Å². The van der Waals surface area contributed by atoms with Crippen molar-refractivity contribution < 1.29 is 26.7 Å². The highest BCUT2D eigenvalue weighted by atomic mass is 32.3. The Bertz CT molecular complexity index is 676. The van der Waals surface area contributed by atoms with Crippen molar-refractivity contribution >= 4 is 16.4 Å². The Labute approximate surface area is 129 Å². The number of carbonyl (C=O) groups is 1. The topological polar surface area (TPSA) is 89.9 Å². The fourth-order valence-electron chi connectivity index (χ4n) is 4.02. The molecule has 0 amide bonds. The van der Waals surface area contributed by atoms with Crippen LogP contribution < -0.4 is 0 Å². The first-order chi connectivity index (χ1) is 10.2. The molecule has 1 N–H and O–H groups in total. The van der Waals surface area contributed by atoms with Gasteiger partial charge in [0, 0.05) is 11.5 Å². The van der Waals surface area contributed by atoms with E-state index in [4.69, 9.17) is 13.5 Å². The molecule has 0 aromatic carbocycles. The van der Waals surface area contributed by atoms with Gasteiger partial charge >= 0.3 is 16.4 Å². The molecular formula is C15H18O6S. The number of esters is 1. The average molecular weight is 326 g/mol. The van der Waals surface area contributed by atoms with Crippen LogP contribution in [0.3, 0.4) is 0 Å². The summed E-state index contributed by atoms with van der Waals surface area (Å²) in [6.45, 7) is 11.8. The molecular weight excluding hydrogens is 308 g/mol. The molecule has 0 bridgehead atoms. The van der Waals surface area contributed by atoms with E-state index in [9.17, 15) is 13.2 Å². The molecule has 1 aliphatic heterocycles. The smallest absolute Gasteiger partial charge is 0.397 e. The zero-order valence-corrected chi connectivity index (χ0v) is 12.8. The molecule has 0 unspecified atom stereocenters. The summed E-state index contributed by atoms with van der Waals surface area (Å²) in [6.07, 6.45) is 0.390. The van der Waals surface area contributed by atoms with Crippen LogP contribution in [0.1, 0.15) is 19.3 Å². The number of hydrogen-bond donors (Lipinski definition) is 1. The highest BCUT2D eigenvalue weighted by Crippen LogP contribution is 2.52. The molecule has 1 heterocycles. The van der Waals surface area contributed by atoms with Gasteiger partial charge in [-0.3, -0.25) is 4.55 Å². The molecule has 7 heteroatoms. The molecule has 2 saturated carbocycles. The molecule has 3 aliphatic rings. The largest absolute Gasteiger partial charge is 0.458 e. The fourth-order valence-corrected chi connectivity index (χ4v) is 4.52. The average Bonchev–Trinajstić information content (AvgIpc) is 2.85. The van der Waals surface area contributed by atoms with Crippen LogP contribution in [0, 0.1) is 17.8 Å². The van der Waals surface area contributed by atoms with Crippen molar-refractivity contribution in [3.8, 4) is 0 Å². The lowest BCUT2D eigenvalue weighted by Gasteiger charge is -2.27. The normalized spacial score (nSPS) is 38.5. The quantitative estimate of drug-likeness (QED) is 0.360. The van der Waals surface area contributed by atoms with E-state index in [1.54, 1.807) is 0 Å². The molecule has 0 aromatic rings. The second-order valence-corrected chi connectivity index (χ2v) is 7.22. The number of ether oxygens (including phenoxy) is 1. The lowest BCUT2D eigenvalue weighted by atomic mass is 9.81. The Hall–Kier alpha value is -1.44. The van der Waals surface area contributed by atoms with E-state index in [0.717, 1.165) is 24.0 Å². The molecule has 120 valence electrons. The lowest BCUT2D eigenvalue weighted by molar-refractivity contribution is -0.141. The van der Waals surface area contributed by atoms with Crippen LogP contribution in [-0.4, -0.2) is 31.1 Å². The summed E-state index contributed by atoms with van der Waals surface area (Å²) in [4.78, 5) is 11.9. The monoisotopic (exact) mass is 326 g/mol. The minimum absolute atomic E-state index is 0.0775. The summed E-state index contributed by atoms with van der Waals surface area (Å²) >= 11 is 0. The predicted molar refractivity (Wildman–Crippen MR) is 78.0 cm³/mol. The van der Waals surface area contributed by atoms with Gasteiger partial charge in [0.15, 0.2) is 0 Å². The van der Waals surface area contributed by atoms with Crippen LogP contribution in [0.2, 0.25) is 0 Å². The van der Waals surface area contributed by atoms with E-state index in [0.29, 0.717) is 0 Å². The molecule has 0 radical (unpaired) electrons. The van der Waals surface area contributed by atoms with Crippen LogP contribution in [-0.2, 0) is 24.1 Å². The van der Waals surface area contributed by atoms with E-state index in [2.05, 4.69) is 19.7 Å². The van der Waals surface area contributed by atoms with Crippen molar-refractivity contribution in [2.24, 2.45) is 17.8 Å². The molecule has 3 fully saturated rings. The third kappa shape index (κ3) is 2.43. The SMILES string of the molecule is C=C1CC[C@H]2C(=C)C[C@H](OS(=O)(=O)O)[C@H]3C(=C)C(=O)O[C@@H]3[C@@H]12. The molecule has 3 rings (SSSR count). The van der Waals surface area contributed by atoms with E-state index in [1.807, 2.05) is 0 Å². The predicted octanol–water partition coefficient (Wildman–Crippen LogP) is 1.81. The highest BCUT2D eigenvalue weighted by molar-refractivity contribution is 7.80. The number of carbonyl (C=O) groups excluding carboxylic acids is 1. The highest BCUT2D eigenvalue weighted by Gasteiger charge is 2.55. The van der Waals surface area contributed by atoms with Gasteiger partial charge in [-0.05, 0) is 25.2 Å². The zero-order valence-electron chi connectivity index (χ0n) is 12.0. The Kier molecular flexibility index (Phi) is 3.54. The number of rotatable bonds is 2. The van der Waals surface area contributed by atoms with Gasteiger partial charge in [0.25, 0.3) is 0 Å². The Balaban J connectivity index is 2.04. The van der Waals surface area contributed by atoms with Gasteiger partial charge in [0.2, 0.25) is 0 Å². The van der Waals surface area contributed by atoms with E-state index >= 15 is 0 Å². The standard InChI is InChI=1S/C15H18O6S/c1-7-4-5-10-8(2)6-11(21-22(17,18)19)13-9(3)15(16)20-14(13)12(7)10/h10-14H,1-6H2,(H,17,18,19)/t10-,11-,12-,13+,14+/m0/s1. The first-order valence-corrected chi connectivity index (χ1v) is 8.46. The number of fused-ring (bicyclic) bond motifs is 3. The molecule has 5 atom stereocenters. The Morgan fingerprint density at radius 1 is 1.18 bits per heavy atom. The summed E-state index contributed by atoms with van der Waals surface area (Å²) in [7, 11) is -4.65. The van der Waals surface area contributed by atoms with Crippen molar-refractivity contribution in [2.75, 3.05) is 0 Å². The molecule has 6 nitrogen and oxygen atoms in total. The molecule has 2 aliphatic carbocycles. The first kappa shape index (κ1) is 15.5. The van der Waals surface area contributed by atoms with E-state index in [1.165, 1.54) is 0 Å². The van der Waals surface area contributed by atoms with Crippen LogP contribution in [0.15, 0.2) is 36.5 Å². The molecule has 0 aromatic heterocycles. The summed E-state index contributed by atoms with van der Waals surface area (Å²) in [5, 5.41) is 0. The lowest BCUT2D eigenvalue weighted by Crippen LogP contribution is -2.35. The molecule has 0 spiro atoms. The van der Waals surface area contributed by atoms with Gasteiger partial charge in [-0.1, -0.05) is 30.9 Å². The van der Waals surface area contributed by atoms with Crippen LogP contribution in [0.4, 0.5) is 0 Å². The Morgan fingerprint density at radius 2 is 1.86 bits per heavy atom. The Morgan fingerprint density at radius 3 is 2.50 bits per heavy atom. The fraction of sp³-hybridized carbons (Fsp3) is 0.533. The van der Waals surface area contributed by atoms with Crippen LogP contribution in [0.5, 0.6) is 0 Å². The first-order valence-electron chi connectivity index (χ1n) is 7.10. The molecule has 1 saturated heterocycles. The van der Waals surface area contributed by atoms with Crippen molar-refractivity contribution in [1.29, 1.82) is 0 Å². The second-order valence-electron chi connectivity index (χ2n) is 6.17. The van der Waals surface area contributed by atoms with Crippen LogP contribution >= 0.6 is 0 Å². The number of hydrogen-bond acceptors (Lipinski definition) is 5. The van der Waals surface area contributed by atoms with E-state index in [-0.39, 0.29) is 23.8 Å². The van der Waals surface area contributed by atoms with Crippen molar-refractivity contribution in [3.63, 3.8) is 0 Å². The van der Waals surface area contributed by atoms with Gasteiger partial charge in [0.1, 0.15) is 6.10 Å². The van der Waals surface area contributed by atoms with Gasteiger partial charge in [-0.2, -0.15) is 8.42 Å². The van der Waals surface area contributed by atoms with Crippen molar-refractivity contribution in [3.05, 3.63) is 36.5 Å². The van der Waals surface area contributed by atoms with Crippen LogP contribution in [0.25, 0.3) is 0 Å². The third-order valence-electron chi connectivity index (χ3n) is 4.93. The summed E-state index contributed by atoms with van der Waals surface area (Å²) in [6, 6.07) is 0. The summed E-state index contributed by atoms with van der Waals surface area (Å²) < 4.78 is 41.5. The third-order valence-corrected chi connectivity index (χ3v) is 5.42. The van der Waals surface area contributed by atoms with Crippen molar-refractivity contribution in [1.82, 2.24) is 0 Å². The van der Waals surface area contributed by atoms with Gasteiger partial charge in [-0.15, -0.1) is 0 Å². The maximum absolute atomic E-state index is 11.9. The minimum Gasteiger partial charge on any atom is -0.458 e. The second kappa shape index (κ2) is 5.04. The van der Waals surface area contributed by atoms with Gasteiger partial charge in [0.05, 0.1) is 12.0 Å². The molecule has 22 heavy (non-hydrogen) atoms. The maximum Gasteiger partial charge on any atom is 0.397 e. The van der Waals surface area contributed by atoms with E-state index < -0.39 is 34.5 Å². The van der Waals surface area contributed by atoms with Crippen molar-refractivity contribution in [2.45, 2.75) is 31.5 Å². The maximum atomic E-state index is 11.9. The zero-order chi connectivity index (χ0) is 16.2.